The standard InChI is InChI=1S/C22H19NO2/c24-21-16-23(17-25-21)22(18-10-4-1-5-11-18,19-12-6-2-7-13-19)20-14-8-3-9-15-20/h1-15H,16-17H2/p+1. The van der Waals surface area contributed by atoms with Crippen molar-refractivity contribution in [1.29, 1.82) is 0 Å². The highest BCUT2D eigenvalue weighted by molar-refractivity contribution is 5.71. The van der Waals surface area contributed by atoms with Crippen LogP contribution in [0.2, 0.25) is 0 Å². The molecule has 1 unspecified atom stereocenters. The van der Waals surface area contributed by atoms with Crippen LogP contribution in [-0.2, 0) is 15.1 Å². The lowest BCUT2D eigenvalue weighted by Gasteiger charge is -2.38. The number of carbonyl (C=O) groups excluding carboxylic acids is 1. The van der Waals surface area contributed by atoms with Crippen molar-refractivity contribution in [2.24, 2.45) is 0 Å². The molecule has 0 amide bonds. The van der Waals surface area contributed by atoms with E-state index in [0.717, 1.165) is 21.6 Å². The summed E-state index contributed by atoms with van der Waals surface area (Å²) in [6.45, 7) is 0.705. The quantitative estimate of drug-likeness (QED) is 0.588. The first kappa shape index (κ1) is 15.6. The van der Waals surface area contributed by atoms with Crippen LogP contribution in [0.15, 0.2) is 91.0 Å². The van der Waals surface area contributed by atoms with Crippen molar-refractivity contribution in [3.8, 4) is 0 Å². The highest BCUT2D eigenvalue weighted by Gasteiger charge is 2.49. The number of hydrogen-bond acceptors (Lipinski definition) is 2. The Kier molecular flexibility index (Phi) is 4.08. The summed E-state index contributed by atoms with van der Waals surface area (Å²) in [5.74, 6) is -0.151. The molecule has 3 aromatic carbocycles. The van der Waals surface area contributed by atoms with Crippen LogP contribution in [0.4, 0.5) is 0 Å². The maximum Gasteiger partial charge on any atom is 0.366 e. The number of carbonyl (C=O) groups is 1. The van der Waals surface area contributed by atoms with Crippen molar-refractivity contribution in [2.75, 3.05) is 13.3 Å². The Bertz CT molecular complexity index is 750. The second kappa shape index (κ2) is 6.54. The summed E-state index contributed by atoms with van der Waals surface area (Å²) in [4.78, 5) is 13.0. The predicted octanol–water partition coefficient (Wildman–Crippen LogP) is 2.38. The number of cyclic esters (lactones) is 1. The molecule has 124 valence electrons. The van der Waals surface area contributed by atoms with Gasteiger partial charge in [0.1, 0.15) is 0 Å². The largest absolute Gasteiger partial charge is 0.411 e. The van der Waals surface area contributed by atoms with Crippen molar-refractivity contribution < 1.29 is 14.4 Å². The van der Waals surface area contributed by atoms with Crippen molar-refractivity contribution in [1.82, 2.24) is 0 Å². The molecule has 3 heteroatoms. The lowest BCUT2D eigenvalue weighted by molar-refractivity contribution is -0.943. The van der Waals surface area contributed by atoms with E-state index in [-0.39, 0.29) is 5.97 Å². The fourth-order valence-corrected chi connectivity index (χ4v) is 3.86. The summed E-state index contributed by atoms with van der Waals surface area (Å²) in [7, 11) is 0. The molecule has 0 saturated carbocycles. The molecule has 1 saturated heterocycles. The van der Waals surface area contributed by atoms with Crippen molar-refractivity contribution in [3.63, 3.8) is 0 Å². The van der Waals surface area contributed by atoms with Crippen molar-refractivity contribution >= 4 is 5.97 Å². The SMILES string of the molecule is O=C1C[NH+](C(c2ccccc2)(c2ccccc2)c2ccccc2)CO1. The first-order valence-electron chi connectivity index (χ1n) is 8.49. The molecule has 0 radical (unpaired) electrons. The maximum atomic E-state index is 12.0. The molecule has 1 N–H and O–H groups in total. The van der Waals surface area contributed by atoms with Crippen LogP contribution in [0.3, 0.4) is 0 Å². The molecule has 25 heavy (non-hydrogen) atoms. The summed E-state index contributed by atoms with van der Waals surface area (Å²) in [5, 5.41) is 0. The number of quaternary nitrogens is 1. The second-order valence-corrected chi connectivity index (χ2v) is 6.29. The number of nitrogens with one attached hydrogen (secondary N) is 1. The molecule has 1 aliphatic rings. The minimum atomic E-state index is -0.490. The van der Waals surface area contributed by atoms with Crippen LogP contribution in [0, 0.1) is 0 Å². The maximum absolute atomic E-state index is 12.0. The number of rotatable bonds is 4. The third-order valence-corrected chi connectivity index (χ3v) is 4.92. The summed E-state index contributed by atoms with van der Waals surface area (Å²) in [6, 6.07) is 31.2. The van der Waals surface area contributed by atoms with Crippen LogP contribution < -0.4 is 4.90 Å². The average Bonchev–Trinajstić information content (AvgIpc) is 3.12. The third kappa shape index (κ3) is 2.63. The van der Waals surface area contributed by atoms with Gasteiger partial charge in [0.2, 0.25) is 6.73 Å². The summed E-state index contributed by atoms with van der Waals surface area (Å²) in [5.41, 5.74) is 2.97. The van der Waals surface area contributed by atoms with Gasteiger partial charge in [-0.25, -0.2) is 4.79 Å². The van der Waals surface area contributed by atoms with Gasteiger partial charge in [-0.3, -0.25) is 4.90 Å². The van der Waals surface area contributed by atoms with Crippen LogP contribution in [0.1, 0.15) is 16.7 Å². The molecule has 0 aliphatic carbocycles. The Morgan fingerprint density at radius 3 is 1.40 bits per heavy atom. The molecule has 1 atom stereocenters. The van der Waals surface area contributed by atoms with Gasteiger partial charge >= 0.3 is 5.97 Å². The molecule has 1 heterocycles. The molecule has 0 bridgehead atoms. The molecule has 3 nitrogen and oxygen atoms in total. The van der Waals surface area contributed by atoms with E-state index in [1.54, 1.807) is 0 Å². The fourth-order valence-electron chi connectivity index (χ4n) is 3.86. The fraction of sp³-hybridized carbons (Fsp3) is 0.136. The molecule has 1 fully saturated rings. The van der Waals surface area contributed by atoms with E-state index < -0.39 is 5.54 Å². The van der Waals surface area contributed by atoms with E-state index in [0.29, 0.717) is 13.3 Å². The zero-order valence-corrected chi connectivity index (χ0v) is 13.9. The Labute approximate surface area is 147 Å². The molecule has 3 aromatic rings. The van der Waals surface area contributed by atoms with E-state index in [9.17, 15) is 4.79 Å². The first-order chi connectivity index (χ1) is 12.3. The van der Waals surface area contributed by atoms with Crippen LogP contribution in [0.25, 0.3) is 0 Å². The molecule has 0 aromatic heterocycles. The lowest BCUT2D eigenvalue weighted by Crippen LogP contribution is -3.18. The van der Waals surface area contributed by atoms with Crippen LogP contribution in [-0.4, -0.2) is 19.2 Å². The zero-order chi connectivity index (χ0) is 17.1. The van der Waals surface area contributed by atoms with E-state index in [4.69, 9.17) is 4.74 Å². The van der Waals surface area contributed by atoms with Gasteiger partial charge in [0.25, 0.3) is 0 Å². The minimum Gasteiger partial charge on any atom is -0.411 e. The Morgan fingerprint density at radius 2 is 1.08 bits per heavy atom. The topological polar surface area (TPSA) is 30.7 Å². The number of esters is 1. The van der Waals surface area contributed by atoms with E-state index in [1.807, 2.05) is 54.6 Å². The smallest absolute Gasteiger partial charge is 0.366 e. The molecular formula is C22H20NO2+. The number of hydrogen-bond donors (Lipinski definition) is 1. The van der Waals surface area contributed by atoms with Gasteiger partial charge in [0.05, 0.1) is 0 Å². The molecule has 0 spiro atoms. The highest BCUT2D eigenvalue weighted by Crippen LogP contribution is 2.34. The van der Waals surface area contributed by atoms with Gasteiger partial charge in [-0.1, -0.05) is 91.0 Å². The molecule has 1 aliphatic heterocycles. The Morgan fingerprint density at radius 1 is 0.680 bits per heavy atom. The first-order valence-corrected chi connectivity index (χ1v) is 8.49. The van der Waals surface area contributed by atoms with E-state index in [2.05, 4.69) is 36.4 Å². The van der Waals surface area contributed by atoms with Gasteiger partial charge in [-0.15, -0.1) is 0 Å². The minimum absolute atomic E-state index is 0.151. The van der Waals surface area contributed by atoms with Gasteiger partial charge in [-0.2, -0.15) is 0 Å². The highest BCUT2D eigenvalue weighted by atomic mass is 16.6. The summed E-state index contributed by atoms with van der Waals surface area (Å²) < 4.78 is 5.36. The van der Waals surface area contributed by atoms with Gasteiger partial charge in [0.15, 0.2) is 12.1 Å². The number of benzene rings is 3. The molecule has 4 rings (SSSR count). The average molecular weight is 330 g/mol. The summed E-state index contributed by atoms with van der Waals surface area (Å²) >= 11 is 0. The predicted molar refractivity (Wildman–Crippen MR) is 96.0 cm³/mol. The lowest BCUT2D eigenvalue weighted by atomic mass is 9.76. The zero-order valence-electron chi connectivity index (χ0n) is 13.9. The van der Waals surface area contributed by atoms with Crippen LogP contribution >= 0.6 is 0 Å². The Hall–Kier alpha value is -2.91. The molecular weight excluding hydrogens is 310 g/mol. The van der Waals surface area contributed by atoms with Crippen LogP contribution in [0.5, 0.6) is 0 Å². The van der Waals surface area contributed by atoms with E-state index in [1.165, 1.54) is 0 Å². The Balaban J connectivity index is 2.03. The van der Waals surface area contributed by atoms with Gasteiger partial charge in [-0.05, 0) is 0 Å². The van der Waals surface area contributed by atoms with E-state index >= 15 is 0 Å². The second-order valence-electron chi connectivity index (χ2n) is 6.29. The normalized spacial score (nSPS) is 17.3. The monoisotopic (exact) mass is 330 g/mol. The summed E-state index contributed by atoms with van der Waals surface area (Å²) in [6.07, 6.45) is 0. The van der Waals surface area contributed by atoms with Gasteiger partial charge < -0.3 is 4.74 Å². The van der Waals surface area contributed by atoms with Crippen molar-refractivity contribution in [3.05, 3.63) is 108 Å². The van der Waals surface area contributed by atoms with Gasteiger partial charge in [0, 0.05) is 16.7 Å². The third-order valence-electron chi connectivity index (χ3n) is 4.92. The van der Waals surface area contributed by atoms with Crippen molar-refractivity contribution in [2.45, 2.75) is 5.54 Å². The number of ether oxygens (including phenoxy) is 1.